The van der Waals surface area contributed by atoms with E-state index in [2.05, 4.69) is 27.9 Å². The molecule has 20 heavy (non-hydrogen) atoms. The molecule has 0 aromatic rings. The second-order valence-electron chi connectivity index (χ2n) is 5.55. The number of halogens is 1. The molecule has 0 unspecified atom stereocenters. The standard InChI is InChI=1S/C14H30N4O.HI/c1-6-8-9-17-13(15-7-2)18-11-10-16-12(19)14(3,4)5;/h6-11H2,1-5H3,(H,16,19)(H2,15,17,18);1H. The Bertz CT molecular complexity index is 287. The van der Waals surface area contributed by atoms with Crippen molar-refractivity contribution >= 4 is 35.8 Å². The molecule has 6 heteroatoms. The molecule has 0 spiro atoms. The summed E-state index contributed by atoms with van der Waals surface area (Å²) < 4.78 is 0. The van der Waals surface area contributed by atoms with Crippen molar-refractivity contribution in [2.24, 2.45) is 10.4 Å². The quantitative estimate of drug-likeness (QED) is 0.266. The summed E-state index contributed by atoms with van der Waals surface area (Å²) >= 11 is 0. The molecule has 0 aliphatic heterocycles. The number of nitrogens with one attached hydrogen (secondary N) is 3. The van der Waals surface area contributed by atoms with Crippen LogP contribution in [0.5, 0.6) is 0 Å². The van der Waals surface area contributed by atoms with Crippen LogP contribution in [0.4, 0.5) is 0 Å². The lowest BCUT2D eigenvalue weighted by Crippen LogP contribution is -2.43. The van der Waals surface area contributed by atoms with Gasteiger partial charge < -0.3 is 16.0 Å². The highest BCUT2D eigenvalue weighted by Gasteiger charge is 2.20. The molecule has 3 N–H and O–H groups in total. The van der Waals surface area contributed by atoms with Gasteiger partial charge in [0.2, 0.25) is 5.91 Å². The van der Waals surface area contributed by atoms with Gasteiger partial charge in [-0.05, 0) is 13.3 Å². The van der Waals surface area contributed by atoms with Crippen molar-refractivity contribution < 1.29 is 4.79 Å². The zero-order chi connectivity index (χ0) is 14.7. The fourth-order valence-corrected chi connectivity index (χ4v) is 1.31. The Labute approximate surface area is 140 Å². The summed E-state index contributed by atoms with van der Waals surface area (Å²) in [7, 11) is 0. The maximum Gasteiger partial charge on any atom is 0.225 e. The van der Waals surface area contributed by atoms with E-state index < -0.39 is 0 Å². The van der Waals surface area contributed by atoms with E-state index in [0.29, 0.717) is 13.1 Å². The number of unbranched alkanes of at least 4 members (excludes halogenated alkanes) is 1. The lowest BCUT2D eigenvalue weighted by Gasteiger charge is -2.18. The first kappa shape index (κ1) is 21.8. The van der Waals surface area contributed by atoms with Crippen molar-refractivity contribution in [2.75, 3.05) is 26.2 Å². The summed E-state index contributed by atoms with van der Waals surface area (Å²) in [5.74, 6) is 0.892. The van der Waals surface area contributed by atoms with Crippen molar-refractivity contribution in [1.29, 1.82) is 0 Å². The topological polar surface area (TPSA) is 65.5 Å². The van der Waals surface area contributed by atoms with E-state index in [-0.39, 0.29) is 35.3 Å². The summed E-state index contributed by atoms with van der Waals surface area (Å²) in [6.07, 6.45) is 2.24. The monoisotopic (exact) mass is 398 g/mol. The second-order valence-corrected chi connectivity index (χ2v) is 5.55. The Morgan fingerprint density at radius 2 is 1.65 bits per heavy atom. The van der Waals surface area contributed by atoms with Gasteiger partial charge in [0.1, 0.15) is 0 Å². The van der Waals surface area contributed by atoms with Gasteiger partial charge in [0.05, 0.1) is 0 Å². The maximum absolute atomic E-state index is 11.7. The molecule has 0 heterocycles. The van der Waals surface area contributed by atoms with Crippen molar-refractivity contribution in [3.63, 3.8) is 0 Å². The van der Waals surface area contributed by atoms with Gasteiger partial charge in [-0.2, -0.15) is 0 Å². The minimum Gasteiger partial charge on any atom is -0.357 e. The van der Waals surface area contributed by atoms with E-state index in [1.165, 1.54) is 0 Å². The van der Waals surface area contributed by atoms with Gasteiger partial charge in [-0.15, -0.1) is 24.0 Å². The number of hydrogen-bond donors (Lipinski definition) is 3. The summed E-state index contributed by atoms with van der Waals surface area (Å²) in [4.78, 5) is 16.1. The van der Waals surface area contributed by atoms with Crippen molar-refractivity contribution in [1.82, 2.24) is 16.0 Å². The number of nitrogens with zero attached hydrogens (tertiary/aromatic N) is 1. The van der Waals surface area contributed by atoms with Crippen LogP contribution in [0.25, 0.3) is 0 Å². The largest absolute Gasteiger partial charge is 0.357 e. The third kappa shape index (κ3) is 11.3. The van der Waals surface area contributed by atoms with Crippen LogP contribution in [0.3, 0.4) is 0 Å². The highest BCUT2D eigenvalue weighted by atomic mass is 127. The lowest BCUT2D eigenvalue weighted by molar-refractivity contribution is -0.128. The van der Waals surface area contributed by atoms with Gasteiger partial charge >= 0.3 is 0 Å². The van der Waals surface area contributed by atoms with Crippen LogP contribution in [-0.4, -0.2) is 38.0 Å². The van der Waals surface area contributed by atoms with E-state index >= 15 is 0 Å². The van der Waals surface area contributed by atoms with Crippen LogP contribution in [0.2, 0.25) is 0 Å². The van der Waals surface area contributed by atoms with Gasteiger partial charge in [-0.1, -0.05) is 34.1 Å². The van der Waals surface area contributed by atoms with Crippen LogP contribution >= 0.6 is 24.0 Å². The summed E-state index contributed by atoms with van der Waals surface area (Å²) in [6, 6.07) is 0. The Morgan fingerprint density at radius 3 is 2.15 bits per heavy atom. The Hall–Kier alpha value is -0.530. The van der Waals surface area contributed by atoms with Crippen molar-refractivity contribution in [3.05, 3.63) is 0 Å². The number of guanidine groups is 1. The van der Waals surface area contributed by atoms with Gasteiger partial charge in [-0.3, -0.25) is 9.79 Å². The zero-order valence-corrected chi connectivity index (χ0v) is 15.8. The number of carbonyl (C=O) groups is 1. The third-order valence-electron chi connectivity index (χ3n) is 2.51. The van der Waals surface area contributed by atoms with E-state index in [4.69, 9.17) is 0 Å². The van der Waals surface area contributed by atoms with Gasteiger partial charge in [0, 0.05) is 31.6 Å². The Balaban J connectivity index is 0. The molecule has 120 valence electrons. The van der Waals surface area contributed by atoms with Crippen molar-refractivity contribution in [2.45, 2.75) is 47.5 Å². The minimum atomic E-state index is -0.334. The molecule has 0 aromatic carbocycles. The predicted octanol–water partition coefficient (Wildman–Crippen LogP) is 2.12. The number of aliphatic imine (C=N–C) groups is 1. The summed E-state index contributed by atoms with van der Waals surface area (Å²) in [5, 5.41) is 9.30. The number of rotatable bonds is 7. The highest BCUT2D eigenvalue weighted by molar-refractivity contribution is 14.0. The average molecular weight is 398 g/mol. The van der Waals surface area contributed by atoms with Crippen molar-refractivity contribution in [3.8, 4) is 0 Å². The van der Waals surface area contributed by atoms with Crippen LogP contribution < -0.4 is 16.0 Å². The molecule has 1 amide bonds. The van der Waals surface area contributed by atoms with Gasteiger partial charge in [0.15, 0.2) is 5.96 Å². The fraction of sp³-hybridized carbons (Fsp3) is 0.857. The molecule has 0 saturated heterocycles. The van der Waals surface area contributed by atoms with Gasteiger partial charge in [0.25, 0.3) is 0 Å². The molecule has 0 fully saturated rings. The van der Waals surface area contributed by atoms with E-state index in [1.807, 2.05) is 27.7 Å². The van der Waals surface area contributed by atoms with E-state index in [1.54, 1.807) is 0 Å². The van der Waals surface area contributed by atoms with E-state index in [9.17, 15) is 4.79 Å². The molecule has 0 aromatic heterocycles. The molecule has 0 rings (SSSR count). The van der Waals surface area contributed by atoms with Crippen LogP contribution in [0.15, 0.2) is 4.99 Å². The first-order valence-electron chi connectivity index (χ1n) is 7.22. The number of hydrogen-bond acceptors (Lipinski definition) is 2. The first-order valence-corrected chi connectivity index (χ1v) is 7.22. The molecule has 0 saturated carbocycles. The van der Waals surface area contributed by atoms with Crippen LogP contribution in [-0.2, 0) is 4.79 Å². The predicted molar refractivity (Wildman–Crippen MR) is 96.8 cm³/mol. The highest BCUT2D eigenvalue weighted by Crippen LogP contribution is 2.11. The molecule has 0 atom stereocenters. The molecule has 5 nitrogen and oxygen atoms in total. The van der Waals surface area contributed by atoms with Gasteiger partial charge in [-0.25, -0.2) is 0 Å². The molecular weight excluding hydrogens is 367 g/mol. The first-order chi connectivity index (χ1) is 8.91. The Kier molecular flexibility index (Phi) is 13.3. The minimum absolute atomic E-state index is 0. The molecule has 0 radical (unpaired) electrons. The molecule has 0 bridgehead atoms. The number of carbonyl (C=O) groups excluding carboxylic acids is 1. The fourth-order valence-electron chi connectivity index (χ4n) is 1.31. The van der Waals surface area contributed by atoms with Crippen LogP contribution in [0, 0.1) is 5.41 Å². The third-order valence-corrected chi connectivity index (χ3v) is 2.51. The lowest BCUT2D eigenvalue weighted by atomic mass is 9.96. The SMILES string of the molecule is CCCCN=C(NCC)NCCNC(=O)C(C)(C)C.I. The van der Waals surface area contributed by atoms with Crippen LogP contribution in [0.1, 0.15) is 47.5 Å². The van der Waals surface area contributed by atoms with E-state index in [0.717, 1.165) is 31.9 Å². The normalized spacial score (nSPS) is 11.6. The maximum atomic E-state index is 11.7. The smallest absolute Gasteiger partial charge is 0.225 e. The summed E-state index contributed by atoms with van der Waals surface area (Å²) in [6.45, 7) is 12.9. The zero-order valence-electron chi connectivity index (χ0n) is 13.5. The Morgan fingerprint density at radius 1 is 1.05 bits per heavy atom. The molecular formula is C14H31IN4O. The number of amides is 1. The molecule has 0 aliphatic carbocycles. The average Bonchev–Trinajstić information content (AvgIpc) is 2.33. The molecule has 0 aliphatic rings. The summed E-state index contributed by atoms with van der Waals surface area (Å²) in [5.41, 5.74) is -0.334. The second kappa shape index (κ2) is 12.2.